The SMILES string of the molecule is C=CCN(CCOC)c1cc(Br)ccc1C#N. The molecule has 0 saturated heterocycles. The molecule has 4 heteroatoms. The van der Waals surface area contributed by atoms with Gasteiger partial charge in [0.05, 0.1) is 17.9 Å². The van der Waals surface area contributed by atoms with Gasteiger partial charge in [0.15, 0.2) is 0 Å². The van der Waals surface area contributed by atoms with Crippen molar-refractivity contribution in [3.8, 4) is 6.07 Å². The van der Waals surface area contributed by atoms with Gasteiger partial charge in [-0.05, 0) is 18.2 Å². The Kier molecular flexibility index (Phi) is 5.75. The average Bonchev–Trinajstić information content (AvgIpc) is 2.34. The molecule has 0 N–H and O–H groups in total. The van der Waals surface area contributed by atoms with E-state index in [4.69, 9.17) is 10.00 Å². The summed E-state index contributed by atoms with van der Waals surface area (Å²) in [6.45, 7) is 5.77. The summed E-state index contributed by atoms with van der Waals surface area (Å²) < 4.78 is 6.03. The number of ether oxygens (including phenoxy) is 1. The van der Waals surface area contributed by atoms with E-state index in [1.165, 1.54) is 0 Å². The summed E-state index contributed by atoms with van der Waals surface area (Å²) in [5.74, 6) is 0. The monoisotopic (exact) mass is 294 g/mol. The minimum Gasteiger partial charge on any atom is -0.383 e. The normalized spacial score (nSPS) is 9.71. The van der Waals surface area contributed by atoms with E-state index in [0.717, 1.165) is 16.7 Å². The highest BCUT2D eigenvalue weighted by Gasteiger charge is 2.10. The van der Waals surface area contributed by atoms with E-state index in [1.54, 1.807) is 7.11 Å². The van der Waals surface area contributed by atoms with Gasteiger partial charge in [0.1, 0.15) is 6.07 Å². The topological polar surface area (TPSA) is 36.3 Å². The number of hydrogen-bond acceptors (Lipinski definition) is 3. The second-order valence-electron chi connectivity index (χ2n) is 3.50. The van der Waals surface area contributed by atoms with E-state index < -0.39 is 0 Å². The van der Waals surface area contributed by atoms with Crippen LogP contribution in [0, 0.1) is 11.3 Å². The van der Waals surface area contributed by atoms with E-state index in [9.17, 15) is 0 Å². The summed E-state index contributed by atoms with van der Waals surface area (Å²) in [5.41, 5.74) is 1.56. The first-order valence-corrected chi connectivity index (χ1v) is 6.06. The Balaban J connectivity index is 3.03. The van der Waals surface area contributed by atoms with E-state index >= 15 is 0 Å². The highest BCUT2D eigenvalue weighted by atomic mass is 79.9. The number of hydrogen-bond donors (Lipinski definition) is 0. The zero-order valence-corrected chi connectivity index (χ0v) is 11.4. The van der Waals surface area contributed by atoms with Crippen LogP contribution in [0.2, 0.25) is 0 Å². The summed E-state index contributed by atoms with van der Waals surface area (Å²) in [6.07, 6.45) is 1.82. The summed E-state index contributed by atoms with van der Waals surface area (Å²) in [6, 6.07) is 7.82. The first kappa shape index (κ1) is 13.8. The van der Waals surface area contributed by atoms with E-state index in [-0.39, 0.29) is 0 Å². The number of nitrogens with zero attached hydrogens (tertiary/aromatic N) is 2. The third kappa shape index (κ3) is 3.88. The van der Waals surface area contributed by atoms with Crippen molar-refractivity contribution in [1.29, 1.82) is 5.26 Å². The lowest BCUT2D eigenvalue weighted by Gasteiger charge is -2.24. The first-order chi connectivity index (χ1) is 8.22. The maximum absolute atomic E-state index is 9.10. The molecule has 90 valence electrons. The summed E-state index contributed by atoms with van der Waals surface area (Å²) >= 11 is 3.42. The molecule has 0 aromatic heterocycles. The van der Waals surface area contributed by atoms with Gasteiger partial charge < -0.3 is 9.64 Å². The van der Waals surface area contributed by atoms with Crippen LogP contribution in [-0.2, 0) is 4.74 Å². The average molecular weight is 295 g/mol. The molecule has 1 aromatic carbocycles. The lowest BCUT2D eigenvalue weighted by atomic mass is 10.1. The predicted octanol–water partition coefficient (Wildman–Crippen LogP) is 2.96. The van der Waals surface area contributed by atoms with Crippen LogP contribution in [0.1, 0.15) is 5.56 Å². The van der Waals surface area contributed by atoms with Crippen LogP contribution in [-0.4, -0.2) is 26.8 Å². The number of anilines is 1. The molecule has 0 atom stereocenters. The van der Waals surface area contributed by atoms with Crippen LogP contribution in [0.3, 0.4) is 0 Å². The van der Waals surface area contributed by atoms with Gasteiger partial charge in [-0.25, -0.2) is 0 Å². The minimum atomic E-state index is 0.616. The number of halogens is 1. The maximum Gasteiger partial charge on any atom is 0.101 e. The van der Waals surface area contributed by atoms with Gasteiger partial charge in [-0.3, -0.25) is 0 Å². The molecule has 0 aliphatic rings. The van der Waals surface area contributed by atoms with Gasteiger partial charge in [-0.15, -0.1) is 6.58 Å². The Morgan fingerprint density at radius 3 is 2.94 bits per heavy atom. The maximum atomic E-state index is 9.10. The van der Waals surface area contributed by atoms with Gasteiger partial charge in [0.2, 0.25) is 0 Å². The first-order valence-electron chi connectivity index (χ1n) is 5.27. The second-order valence-corrected chi connectivity index (χ2v) is 4.42. The summed E-state index contributed by atoms with van der Waals surface area (Å²) in [4.78, 5) is 2.07. The van der Waals surface area contributed by atoms with Crippen LogP contribution >= 0.6 is 15.9 Å². The van der Waals surface area contributed by atoms with Gasteiger partial charge in [-0.1, -0.05) is 22.0 Å². The van der Waals surface area contributed by atoms with Crippen molar-refractivity contribution < 1.29 is 4.74 Å². The molecule has 0 heterocycles. The molecular formula is C13H15BrN2O. The minimum absolute atomic E-state index is 0.616. The molecule has 0 saturated carbocycles. The van der Waals surface area contributed by atoms with Crippen molar-refractivity contribution in [2.45, 2.75) is 0 Å². The van der Waals surface area contributed by atoms with Gasteiger partial charge >= 0.3 is 0 Å². The Hall–Kier alpha value is -1.31. The summed E-state index contributed by atoms with van der Waals surface area (Å²) in [5, 5.41) is 9.10. The van der Waals surface area contributed by atoms with Crippen molar-refractivity contribution in [2.75, 3.05) is 31.7 Å². The van der Waals surface area contributed by atoms with Gasteiger partial charge in [0, 0.05) is 24.7 Å². The zero-order valence-electron chi connectivity index (χ0n) is 9.82. The fraction of sp³-hybridized carbons (Fsp3) is 0.308. The van der Waals surface area contributed by atoms with E-state index in [0.29, 0.717) is 18.7 Å². The van der Waals surface area contributed by atoms with Crippen LogP contribution in [0.25, 0.3) is 0 Å². The Morgan fingerprint density at radius 1 is 1.59 bits per heavy atom. The predicted molar refractivity (Wildman–Crippen MR) is 73.1 cm³/mol. The van der Waals surface area contributed by atoms with Crippen LogP contribution < -0.4 is 4.90 Å². The van der Waals surface area contributed by atoms with Crippen molar-refractivity contribution >= 4 is 21.6 Å². The van der Waals surface area contributed by atoms with Crippen molar-refractivity contribution in [3.05, 3.63) is 40.9 Å². The Morgan fingerprint density at radius 2 is 2.35 bits per heavy atom. The Bertz CT molecular complexity index is 426. The third-order valence-corrected chi connectivity index (χ3v) is 2.83. The van der Waals surface area contributed by atoms with Gasteiger partial charge in [-0.2, -0.15) is 5.26 Å². The van der Waals surface area contributed by atoms with Crippen molar-refractivity contribution in [2.24, 2.45) is 0 Å². The number of rotatable bonds is 6. The molecule has 0 unspecified atom stereocenters. The lowest BCUT2D eigenvalue weighted by molar-refractivity contribution is 0.206. The van der Waals surface area contributed by atoms with Crippen LogP contribution in [0.15, 0.2) is 35.3 Å². The molecule has 3 nitrogen and oxygen atoms in total. The molecule has 0 radical (unpaired) electrons. The van der Waals surface area contributed by atoms with Crippen molar-refractivity contribution in [1.82, 2.24) is 0 Å². The molecule has 0 bridgehead atoms. The zero-order chi connectivity index (χ0) is 12.7. The number of benzene rings is 1. The molecule has 0 spiro atoms. The van der Waals surface area contributed by atoms with E-state index in [2.05, 4.69) is 33.5 Å². The molecule has 1 aromatic rings. The lowest BCUT2D eigenvalue weighted by Crippen LogP contribution is -2.28. The largest absolute Gasteiger partial charge is 0.383 e. The van der Waals surface area contributed by atoms with E-state index in [1.807, 2.05) is 24.3 Å². The van der Waals surface area contributed by atoms with Crippen LogP contribution in [0.5, 0.6) is 0 Å². The smallest absolute Gasteiger partial charge is 0.101 e. The molecule has 0 aliphatic carbocycles. The number of methoxy groups -OCH3 is 1. The molecule has 17 heavy (non-hydrogen) atoms. The van der Waals surface area contributed by atoms with Crippen LogP contribution in [0.4, 0.5) is 5.69 Å². The Labute approximate surface area is 110 Å². The quantitative estimate of drug-likeness (QED) is 0.757. The van der Waals surface area contributed by atoms with Crippen molar-refractivity contribution in [3.63, 3.8) is 0 Å². The highest BCUT2D eigenvalue weighted by molar-refractivity contribution is 9.10. The third-order valence-electron chi connectivity index (χ3n) is 2.34. The molecule has 1 rings (SSSR count). The highest BCUT2D eigenvalue weighted by Crippen LogP contribution is 2.24. The second kappa shape index (κ2) is 7.10. The number of nitriles is 1. The fourth-order valence-corrected chi connectivity index (χ4v) is 1.88. The van der Waals surface area contributed by atoms with Gasteiger partial charge in [0.25, 0.3) is 0 Å². The molecule has 0 fully saturated rings. The molecular weight excluding hydrogens is 280 g/mol. The summed E-state index contributed by atoms with van der Waals surface area (Å²) in [7, 11) is 1.66. The molecule has 0 aliphatic heterocycles. The molecule has 0 amide bonds. The fourth-order valence-electron chi connectivity index (χ4n) is 1.53. The standard InChI is InChI=1S/C13H15BrN2O/c1-3-6-16(7-8-17-2)13-9-12(14)5-4-11(13)10-15/h3-5,9H,1,6-8H2,2H3.